The second kappa shape index (κ2) is 4.04. The molecule has 1 aliphatic heterocycles. The zero-order valence-electron chi connectivity index (χ0n) is 10.0. The summed E-state index contributed by atoms with van der Waals surface area (Å²) in [7, 11) is 2.18. The summed E-state index contributed by atoms with van der Waals surface area (Å²) in [6.45, 7) is 1.20. The van der Waals surface area contributed by atoms with Gasteiger partial charge in [-0.1, -0.05) is 0 Å². The molecule has 0 aliphatic carbocycles. The smallest absolute Gasteiger partial charge is 0.183 e. The highest BCUT2D eigenvalue weighted by molar-refractivity contribution is 5.39. The quantitative estimate of drug-likeness (QED) is 0.845. The lowest BCUT2D eigenvalue weighted by Crippen LogP contribution is -2.26. The van der Waals surface area contributed by atoms with Gasteiger partial charge in [0.15, 0.2) is 5.43 Å². The highest BCUT2D eigenvalue weighted by Crippen LogP contribution is 2.18. The second-order valence-corrected chi connectivity index (χ2v) is 4.92. The van der Waals surface area contributed by atoms with Gasteiger partial charge in [0.05, 0.1) is 0 Å². The van der Waals surface area contributed by atoms with Gasteiger partial charge in [-0.05, 0) is 26.4 Å². The van der Waals surface area contributed by atoms with E-state index >= 15 is 0 Å². The zero-order chi connectivity index (χ0) is 11.8. The van der Waals surface area contributed by atoms with E-state index in [-0.39, 0.29) is 5.43 Å². The van der Waals surface area contributed by atoms with E-state index in [1.165, 1.54) is 25.1 Å². The van der Waals surface area contributed by atoms with Crippen LogP contribution < -0.4 is 5.43 Å². The van der Waals surface area contributed by atoms with E-state index in [0.717, 1.165) is 12.1 Å². The standard InChI is InChI=1S/C13H17N3O/c1-15-5-2-3-11(15)7-10-9-16-6-4-12(17)8-13(16)14-10/h4,6,8-9,11,14H,2-3,5,7H2,1H3. The molecule has 3 rings (SSSR count). The number of likely N-dealkylation sites (N-methyl/N-ethyl adjacent to an activating group) is 1. The monoisotopic (exact) mass is 231 g/mol. The van der Waals surface area contributed by atoms with Crippen LogP contribution in [0.1, 0.15) is 18.5 Å². The van der Waals surface area contributed by atoms with E-state index in [9.17, 15) is 4.79 Å². The largest absolute Gasteiger partial charge is 0.343 e. The first kappa shape index (κ1) is 10.6. The van der Waals surface area contributed by atoms with Crippen molar-refractivity contribution in [3.63, 3.8) is 0 Å². The lowest BCUT2D eigenvalue weighted by atomic mass is 10.1. The molecule has 0 saturated carbocycles. The van der Waals surface area contributed by atoms with Gasteiger partial charge in [0.25, 0.3) is 0 Å². The van der Waals surface area contributed by atoms with Gasteiger partial charge in [-0.2, -0.15) is 0 Å². The van der Waals surface area contributed by atoms with Gasteiger partial charge in [-0.15, -0.1) is 0 Å². The van der Waals surface area contributed by atoms with Crippen LogP contribution in [0.2, 0.25) is 0 Å². The fourth-order valence-corrected chi connectivity index (χ4v) is 2.66. The predicted octanol–water partition coefficient (Wildman–Crippen LogP) is 1.26. The van der Waals surface area contributed by atoms with Gasteiger partial charge in [0.1, 0.15) is 5.65 Å². The molecule has 1 aliphatic rings. The molecule has 17 heavy (non-hydrogen) atoms. The maximum Gasteiger partial charge on any atom is 0.183 e. The zero-order valence-corrected chi connectivity index (χ0v) is 10.0. The van der Waals surface area contributed by atoms with Crippen molar-refractivity contribution in [3.8, 4) is 0 Å². The predicted molar refractivity (Wildman–Crippen MR) is 67.4 cm³/mol. The molecule has 90 valence electrons. The Morgan fingerprint density at radius 3 is 3.18 bits per heavy atom. The van der Waals surface area contributed by atoms with Gasteiger partial charge in [0, 0.05) is 42.7 Å². The number of nitrogens with one attached hydrogen (secondary N) is 1. The molecular formula is C13H17N3O. The number of hydrogen-bond acceptors (Lipinski definition) is 2. The molecule has 0 amide bonds. The van der Waals surface area contributed by atoms with Crippen molar-refractivity contribution >= 4 is 5.65 Å². The van der Waals surface area contributed by atoms with E-state index in [2.05, 4.69) is 23.1 Å². The summed E-state index contributed by atoms with van der Waals surface area (Å²) in [6, 6.07) is 3.86. The van der Waals surface area contributed by atoms with Crippen molar-refractivity contribution in [2.45, 2.75) is 25.3 Å². The first-order valence-electron chi connectivity index (χ1n) is 6.12. The van der Waals surface area contributed by atoms with Gasteiger partial charge in [0.2, 0.25) is 0 Å². The summed E-state index contributed by atoms with van der Waals surface area (Å²) in [5, 5.41) is 0. The summed E-state index contributed by atoms with van der Waals surface area (Å²) in [4.78, 5) is 17.0. The third-order valence-electron chi connectivity index (χ3n) is 3.67. The number of hydrogen-bond donors (Lipinski definition) is 1. The van der Waals surface area contributed by atoms with Crippen LogP contribution in [0.3, 0.4) is 0 Å². The van der Waals surface area contributed by atoms with Crippen molar-refractivity contribution < 1.29 is 0 Å². The summed E-state index contributed by atoms with van der Waals surface area (Å²) in [5.74, 6) is 0. The highest BCUT2D eigenvalue weighted by Gasteiger charge is 2.21. The molecule has 1 N–H and O–H groups in total. The molecule has 0 radical (unpaired) electrons. The molecule has 2 aromatic rings. The maximum absolute atomic E-state index is 11.2. The molecule has 4 heteroatoms. The molecule has 1 saturated heterocycles. The van der Waals surface area contributed by atoms with Crippen LogP contribution >= 0.6 is 0 Å². The Morgan fingerprint density at radius 1 is 1.53 bits per heavy atom. The van der Waals surface area contributed by atoms with Crippen molar-refractivity contribution in [2.24, 2.45) is 0 Å². The second-order valence-electron chi connectivity index (χ2n) is 4.92. The molecule has 4 nitrogen and oxygen atoms in total. The Hall–Kier alpha value is -1.55. The topological polar surface area (TPSA) is 40.5 Å². The van der Waals surface area contributed by atoms with E-state index in [0.29, 0.717) is 6.04 Å². The Kier molecular flexibility index (Phi) is 2.52. The lowest BCUT2D eigenvalue weighted by molar-refractivity contribution is 0.308. The maximum atomic E-state index is 11.2. The van der Waals surface area contributed by atoms with Crippen molar-refractivity contribution in [1.82, 2.24) is 14.3 Å². The number of aromatic nitrogens is 2. The SMILES string of the molecule is CN1CCCC1Cc1cn2ccc(=O)cc2[nH]1. The van der Waals surface area contributed by atoms with Crippen LogP contribution in [0.25, 0.3) is 5.65 Å². The van der Waals surface area contributed by atoms with Crippen LogP contribution in [0, 0.1) is 0 Å². The first-order chi connectivity index (χ1) is 8.22. The van der Waals surface area contributed by atoms with Crippen LogP contribution in [-0.2, 0) is 6.42 Å². The summed E-state index contributed by atoms with van der Waals surface area (Å²) in [6.07, 6.45) is 7.49. The minimum Gasteiger partial charge on any atom is -0.343 e. The molecule has 2 aromatic heterocycles. The number of rotatable bonds is 2. The van der Waals surface area contributed by atoms with E-state index < -0.39 is 0 Å². The summed E-state index contributed by atoms with van der Waals surface area (Å²) in [5.41, 5.74) is 2.14. The molecule has 1 fully saturated rings. The van der Waals surface area contributed by atoms with Gasteiger partial charge in [-0.3, -0.25) is 4.79 Å². The number of fused-ring (bicyclic) bond motifs is 1. The average Bonchev–Trinajstić information content (AvgIpc) is 2.85. The number of likely N-dealkylation sites (tertiary alicyclic amines) is 1. The van der Waals surface area contributed by atoms with E-state index in [4.69, 9.17) is 0 Å². The van der Waals surface area contributed by atoms with Crippen molar-refractivity contribution in [2.75, 3.05) is 13.6 Å². The number of H-pyrrole nitrogens is 1. The number of aromatic amines is 1. The molecule has 3 heterocycles. The van der Waals surface area contributed by atoms with Gasteiger partial charge in [-0.25, -0.2) is 0 Å². The fourth-order valence-electron chi connectivity index (χ4n) is 2.66. The molecule has 0 bridgehead atoms. The molecule has 0 aromatic carbocycles. The van der Waals surface area contributed by atoms with Crippen LogP contribution in [0.4, 0.5) is 0 Å². The summed E-state index contributed by atoms with van der Waals surface area (Å²) < 4.78 is 1.98. The number of imidazole rings is 1. The van der Waals surface area contributed by atoms with Crippen LogP contribution in [0.15, 0.2) is 29.3 Å². The average molecular weight is 231 g/mol. The van der Waals surface area contributed by atoms with Crippen LogP contribution in [0.5, 0.6) is 0 Å². The molecular weight excluding hydrogens is 214 g/mol. The van der Waals surface area contributed by atoms with E-state index in [1.807, 2.05) is 10.6 Å². The Morgan fingerprint density at radius 2 is 2.41 bits per heavy atom. The lowest BCUT2D eigenvalue weighted by Gasteiger charge is -2.18. The number of pyridine rings is 1. The Bertz CT molecular complexity index is 584. The third-order valence-corrected chi connectivity index (χ3v) is 3.67. The molecule has 1 atom stereocenters. The summed E-state index contributed by atoms with van der Waals surface area (Å²) >= 11 is 0. The highest BCUT2D eigenvalue weighted by atomic mass is 16.1. The third kappa shape index (κ3) is 2.00. The minimum atomic E-state index is 0.0522. The fraction of sp³-hybridized carbons (Fsp3) is 0.462. The Balaban J connectivity index is 1.88. The van der Waals surface area contributed by atoms with Gasteiger partial charge < -0.3 is 14.3 Å². The van der Waals surface area contributed by atoms with Crippen molar-refractivity contribution in [3.05, 3.63) is 40.4 Å². The minimum absolute atomic E-state index is 0.0522. The normalized spacial score (nSPS) is 21.4. The number of nitrogens with zero attached hydrogens (tertiary/aromatic N) is 2. The van der Waals surface area contributed by atoms with Crippen LogP contribution in [-0.4, -0.2) is 33.9 Å². The van der Waals surface area contributed by atoms with Crippen molar-refractivity contribution in [1.29, 1.82) is 0 Å². The van der Waals surface area contributed by atoms with E-state index in [1.54, 1.807) is 12.1 Å². The van der Waals surface area contributed by atoms with Gasteiger partial charge >= 0.3 is 0 Å². The Labute approximate surface area is 99.9 Å². The molecule has 0 spiro atoms. The molecule has 1 unspecified atom stereocenters. The first-order valence-corrected chi connectivity index (χ1v) is 6.12.